The maximum atomic E-state index is 13.1. The Bertz CT molecular complexity index is 793. The quantitative estimate of drug-likeness (QED) is 0.872. The van der Waals surface area contributed by atoms with Crippen LogP contribution in [0.15, 0.2) is 54.6 Å². The van der Waals surface area contributed by atoms with Crippen molar-refractivity contribution in [3.63, 3.8) is 0 Å². The summed E-state index contributed by atoms with van der Waals surface area (Å²) < 4.78 is 5.42. The fourth-order valence-corrected chi connectivity index (χ4v) is 3.45. The Kier molecular flexibility index (Phi) is 5.12. The lowest BCUT2D eigenvalue weighted by atomic mass is 9.77. The molecule has 0 radical (unpaired) electrons. The highest BCUT2D eigenvalue weighted by molar-refractivity contribution is 6.00. The summed E-state index contributed by atoms with van der Waals surface area (Å²) in [6, 6.07) is 16.9. The predicted octanol–water partition coefficient (Wildman–Crippen LogP) is 4.70. The third-order valence-electron chi connectivity index (χ3n) is 4.58. The molecule has 0 saturated heterocycles. The SMILES string of the molecule is CC(C)(C)OC(=O)NC(c1ccccc1)C1CCc2ccccc2C1=O. The second-order valence-electron chi connectivity index (χ2n) is 7.70. The van der Waals surface area contributed by atoms with Gasteiger partial charge in [-0.15, -0.1) is 0 Å². The Morgan fingerprint density at radius 3 is 2.42 bits per heavy atom. The standard InChI is InChI=1S/C22H25NO3/c1-22(2,3)26-21(25)23-19(16-10-5-4-6-11-16)18-14-13-15-9-7-8-12-17(15)20(18)24/h4-12,18-19H,13-14H2,1-3H3,(H,23,25). The van der Waals surface area contributed by atoms with Crippen molar-refractivity contribution >= 4 is 11.9 Å². The largest absolute Gasteiger partial charge is 0.444 e. The molecule has 0 heterocycles. The lowest BCUT2D eigenvalue weighted by Crippen LogP contribution is -2.41. The molecule has 136 valence electrons. The topological polar surface area (TPSA) is 55.4 Å². The van der Waals surface area contributed by atoms with Crippen LogP contribution in [-0.4, -0.2) is 17.5 Å². The van der Waals surface area contributed by atoms with Gasteiger partial charge in [0.15, 0.2) is 5.78 Å². The number of Topliss-reactive ketones (excluding diaryl/α,β-unsaturated/α-hetero) is 1. The van der Waals surface area contributed by atoms with E-state index in [1.807, 2.05) is 75.4 Å². The van der Waals surface area contributed by atoms with Gasteiger partial charge in [-0.2, -0.15) is 0 Å². The predicted molar refractivity (Wildman–Crippen MR) is 101 cm³/mol. The van der Waals surface area contributed by atoms with Crippen LogP contribution in [0.5, 0.6) is 0 Å². The number of benzene rings is 2. The number of ether oxygens (including phenoxy) is 1. The summed E-state index contributed by atoms with van der Waals surface area (Å²) in [5, 5.41) is 2.94. The average Bonchev–Trinajstić information content (AvgIpc) is 2.60. The number of nitrogens with one attached hydrogen (secondary N) is 1. The van der Waals surface area contributed by atoms with E-state index in [0.29, 0.717) is 6.42 Å². The van der Waals surface area contributed by atoms with Gasteiger partial charge in [0.25, 0.3) is 0 Å². The van der Waals surface area contributed by atoms with Crippen molar-refractivity contribution in [3.05, 3.63) is 71.3 Å². The number of aryl methyl sites for hydroxylation is 1. The number of carbonyl (C=O) groups is 2. The van der Waals surface area contributed by atoms with Crippen molar-refractivity contribution < 1.29 is 14.3 Å². The third kappa shape index (κ3) is 4.13. The van der Waals surface area contributed by atoms with Gasteiger partial charge in [0, 0.05) is 11.5 Å². The van der Waals surface area contributed by atoms with Crippen LogP contribution in [0.25, 0.3) is 0 Å². The molecule has 1 amide bonds. The highest BCUT2D eigenvalue weighted by Crippen LogP contribution is 2.34. The summed E-state index contributed by atoms with van der Waals surface area (Å²) in [6.45, 7) is 5.48. The second-order valence-corrected chi connectivity index (χ2v) is 7.70. The molecule has 0 saturated carbocycles. The Balaban J connectivity index is 1.89. The van der Waals surface area contributed by atoms with E-state index in [0.717, 1.165) is 23.1 Å². The van der Waals surface area contributed by atoms with E-state index < -0.39 is 17.7 Å². The van der Waals surface area contributed by atoms with E-state index in [1.54, 1.807) is 0 Å². The minimum atomic E-state index is -0.589. The number of amides is 1. The van der Waals surface area contributed by atoms with Gasteiger partial charge >= 0.3 is 6.09 Å². The van der Waals surface area contributed by atoms with Crippen LogP contribution >= 0.6 is 0 Å². The van der Waals surface area contributed by atoms with E-state index in [4.69, 9.17) is 4.74 Å². The van der Waals surface area contributed by atoms with Crippen LogP contribution in [0.3, 0.4) is 0 Å². The fraction of sp³-hybridized carbons (Fsp3) is 0.364. The van der Waals surface area contributed by atoms with Crippen LogP contribution in [0.4, 0.5) is 4.79 Å². The smallest absolute Gasteiger partial charge is 0.408 e. The summed E-state index contributed by atoms with van der Waals surface area (Å²) in [7, 11) is 0. The Morgan fingerprint density at radius 2 is 1.73 bits per heavy atom. The van der Waals surface area contributed by atoms with Crippen molar-refractivity contribution in [2.24, 2.45) is 5.92 Å². The van der Waals surface area contributed by atoms with Gasteiger partial charge in [-0.05, 0) is 44.7 Å². The zero-order valence-electron chi connectivity index (χ0n) is 15.5. The first-order valence-electron chi connectivity index (χ1n) is 9.02. The summed E-state index contributed by atoms with van der Waals surface area (Å²) in [6.07, 6.45) is 1.02. The van der Waals surface area contributed by atoms with E-state index in [1.165, 1.54) is 0 Å². The molecule has 2 atom stereocenters. The number of rotatable bonds is 3. The molecule has 4 heteroatoms. The minimum Gasteiger partial charge on any atom is -0.444 e. The van der Waals surface area contributed by atoms with Gasteiger partial charge in [-0.1, -0.05) is 54.6 Å². The molecule has 0 spiro atoms. The normalized spacial score (nSPS) is 18.0. The molecular formula is C22H25NO3. The molecule has 2 aromatic carbocycles. The first kappa shape index (κ1) is 18.2. The molecule has 3 rings (SSSR count). The van der Waals surface area contributed by atoms with Gasteiger partial charge < -0.3 is 10.1 Å². The van der Waals surface area contributed by atoms with Gasteiger partial charge in [-0.25, -0.2) is 4.79 Å². The van der Waals surface area contributed by atoms with Gasteiger partial charge in [0.2, 0.25) is 0 Å². The zero-order valence-corrected chi connectivity index (χ0v) is 15.5. The number of alkyl carbamates (subject to hydrolysis) is 1. The van der Waals surface area contributed by atoms with Crippen LogP contribution < -0.4 is 5.32 Å². The Hall–Kier alpha value is -2.62. The van der Waals surface area contributed by atoms with Gasteiger partial charge in [-0.3, -0.25) is 4.79 Å². The summed E-state index contributed by atoms with van der Waals surface area (Å²) in [4.78, 5) is 25.5. The lowest BCUT2D eigenvalue weighted by Gasteiger charge is -2.32. The highest BCUT2D eigenvalue weighted by Gasteiger charge is 2.35. The summed E-state index contributed by atoms with van der Waals surface area (Å²) in [5.74, 6) is -0.225. The molecule has 0 aromatic heterocycles. The monoisotopic (exact) mass is 351 g/mol. The Labute approximate surface area is 154 Å². The maximum absolute atomic E-state index is 13.1. The van der Waals surface area contributed by atoms with Crippen molar-refractivity contribution in [2.45, 2.75) is 45.3 Å². The lowest BCUT2D eigenvalue weighted by molar-refractivity contribution is 0.0479. The molecular weight excluding hydrogens is 326 g/mol. The van der Waals surface area contributed by atoms with Crippen LogP contribution in [0, 0.1) is 5.92 Å². The van der Waals surface area contributed by atoms with E-state index in [-0.39, 0.29) is 11.7 Å². The molecule has 4 nitrogen and oxygen atoms in total. The Morgan fingerprint density at radius 1 is 1.08 bits per heavy atom. The minimum absolute atomic E-state index is 0.0803. The highest BCUT2D eigenvalue weighted by atomic mass is 16.6. The van der Waals surface area contributed by atoms with E-state index >= 15 is 0 Å². The number of fused-ring (bicyclic) bond motifs is 1. The number of ketones is 1. The van der Waals surface area contributed by atoms with Gasteiger partial charge in [0.1, 0.15) is 5.60 Å². The first-order valence-corrected chi connectivity index (χ1v) is 9.02. The van der Waals surface area contributed by atoms with Crippen molar-refractivity contribution in [3.8, 4) is 0 Å². The summed E-state index contributed by atoms with van der Waals surface area (Å²) in [5.41, 5.74) is 2.17. The second kappa shape index (κ2) is 7.32. The van der Waals surface area contributed by atoms with Crippen molar-refractivity contribution in [2.75, 3.05) is 0 Å². The zero-order chi connectivity index (χ0) is 18.7. The first-order chi connectivity index (χ1) is 12.3. The molecule has 0 aliphatic heterocycles. The molecule has 0 fully saturated rings. The molecule has 2 unspecified atom stereocenters. The molecule has 1 N–H and O–H groups in total. The third-order valence-corrected chi connectivity index (χ3v) is 4.58. The molecule has 1 aliphatic carbocycles. The summed E-state index contributed by atoms with van der Waals surface area (Å²) >= 11 is 0. The van der Waals surface area contributed by atoms with Crippen LogP contribution in [0.1, 0.15) is 54.7 Å². The average molecular weight is 351 g/mol. The molecule has 26 heavy (non-hydrogen) atoms. The van der Waals surface area contributed by atoms with Crippen molar-refractivity contribution in [1.82, 2.24) is 5.32 Å². The fourth-order valence-electron chi connectivity index (χ4n) is 3.45. The van der Waals surface area contributed by atoms with Crippen LogP contribution in [-0.2, 0) is 11.2 Å². The molecule has 0 bridgehead atoms. The number of hydrogen-bond donors (Lipinski definition) is 1. The number of hydrogen-bond acceptors (Lipinski definition) is 3. The molecule has 2 aromatic rings. The number of carbonyl (C=O) groups excluding carboxylic acids is 2. The van der Waals surface area contributed by atoms with E-state index in [2.05, 4.69) is 5.32 Å². The maximum Gasteiger partial charge on any atom is 0.408 e. The van der Waals surface area contributed by atoms with Gasteiger partial charge in [0.05, 0.1) is 6.04 Å². The van der Waals surface area contributed by atoms with E-state index in [9.17, 15) is 9.59 Å². The molecule has 1 aliphatic rings. The van der Waals surface area contributed by atoms with Crippen LogP contribution in [0.2, 0.25) is 0 Å². The van der Waals surface area contributed by atoms with Crippen molar-refractivity contribution in [1.29, 1.82) is 0 Å².